The van der Waals surface area contributed by atoms with E-state index in [9.17, 15) is 0 Å². The first-order chi connectivity index (χ1) is 13.7. The van der Waals surface area contributed by atoms with Gasteiger partial charge in [0.05, 0.1) is 0 Å². The topological polar surface area (TPSA) is 40.5 Å². The fourth-order valence-corrected chi connectivity index (χ4v) is 3.19. The van der Waals surface area contributed by atoms with Gasteiger partial charge in [0.2, 0.25) is 0 Å². The lowest BCUT2D eigenvalue weighted by atomic mass is 10.1. The zero-order valence-corrected chi connectivity index (χ0v) is 18.0. The third-order valence-electron chi connectivity index (χ3n) is 5.01. The van der Waals surface area contributed by atoms with Crippen LogP contribution >= 0.6 is 0 Å². The standard InChI is InChI=1S/2C13H20O/c2*1-2-3-4-5-6-7-12-8-10-13(14)11-9-12/h2*8-11,14H,2-7H2,1H3. The average Bonchev–Trinajstić information content (AvgIpc) is 2.71. The molecule has 0 saturated carbocycles. The van der Waals surface area contributed by atoms with Crippen LogP contribution in [0.4, 0.5) is 0 Å². The van der Waals surface area contributed by atoms with Gasteiger partial charge in [-0.15, -0.1) is 0 Å². The summed E-state index contributed by atoms with van der Waals surface area (Å²) in [6, 6.07) is 15.1. The van der Waals surface area contributed by atoms with Gasteiger partial charge in [-0.05, 0) is 61.1 Å². The lowest BCUT2D eigenvalue weighted by Crippen LogP contribution is -1.85. The van der Waals surface area contributed by atoms with Crippen molar-refractivity contribution in [3.8, 4) is 11.5 Å². The maximum absolute atomic E-state index is 9.10. The van der Waals surface area contributed by atoms with Crippen LogP contribution in [0, 0.1) is 0 Å². The van der Waals surface area contributed by atoms with Gasteiger partial charge < -0.3 is 10.2 Å². The van der Waals surface area contributed by atoms with E-state index in [4.69, 9.17) is 10.2 Å². The molecule has 0 aliphatic rings. The SMILES string of the molecule is CCCCCCCc1ccc(O)cc1.CCCCCCCc1ccc(O)cc1. The molecule has 0 amide bonds. The maximum Gasteiger partial charge on any atom is 0.115 e. The third-order valence-corrected chi connectivity index (χ3v) is 5.01. The van der Waals surface area contributed by atoms with E-state index in [2.05, 4.69) is 13.8 Å². The number of phenolic OH excluding ortho intramolecular Hbond substituents is 2. The quantitative estimate of drug-likeness (QED) is 0.366. The van der Waals surface area contributed by atoms with Gasteiger partial charge in [0.15, 0.2) is 0 Å². The number of hydrogen-bond donors (Lipinski definition) is 2. The summed E-state index contributed by atoms with van der Waals surface area (Å²) in [5, 5.41) is 18.2. The highest BCUT2D eigenvalue weighted by Crippen LogP contribution is 2.14. The minimum atomic E-state index is 0.361. The van der Waals surface area contributed by atoms with E-state index in [1.165, 1.54) is 75.3 Å². The zero-order valence-electron chi connectivity index (χ0n) is 18.0. The number of unbranched alkanes of at least 4 members (excludes halogenated alkanes) is 8. The molecule has 0 spiro atoms. The molecule has 0 aliphatic heterocycles. The van der Waals surface area contributed by atoms with Gasteiger partial charge >= 0.3 is 0 Å². The Balaban J connectivity index is 0.000000280. The first-order valence-corrected chi connectivity index (χ1v) is 11.2. The van der Waals surface area contributed by atoms with E-state index in [-0.39, 0.29) is 0 Å². The van der Waals surface area contributed by atoms with E-state index < -0.39 is 0 Å². The summed E-state index contributed by atoms with van der Waals surface area (Å²) >= 11 is 0. The van der Waals surface area contributed by atoms with Gasteiger partial charge in [-0.1, -0.05) is 89.5 Å². The lowest BCUT2D eigenvalue weighted by molar-refractivity contribution is 0.474. The highest BCUT2D eigenvalue weighted by Gasteiger charge is 1.95. The smallest absolute Gasteiger partial charge is 0.115 e. The molecule has 2 nitrogen and oxygen atoms in total. The fraction of sp³-hybridized carbons (Fsp3) is 0.538. The summed E-state index contributed by atoms with van der Waals surface area (Å²) in [4.78, 5) is 0. The second-order valence-electron chi connectivity index (χ2n) is 7.66. The predicted octanol–water partition coefficient (Wildman–Crippen LogP) is 7.81. The monoisotopic (exact) mass is 384 g/mol. The summed E-state index contributed by atoms with van der Waals surface area (Å²) in [5.74, 6) is 0.722. The molecule has 28 heavy (non-hydrogen) atoms. The highest BCUT2D eigenvalue weighted by molar-refractivity contribution is 5.26. The van der Waals surface area contributed by atoms with Gasteiger partial charge in [-0.3, -0.25) is 0 Å². The van der Waals surface area contributed by atoms with Crippen LogP contribution in [-0.2, 0) is 12.8 Å². The molecule has 0 radical (unpaired) electrons. The van der Waals surface area contributed by atoms with Gasteiger partial charge in [0, 0.05) is 0 Å². The molecule has 2 N–H and O–H groups in total. The van der Waals surface area contributed by atoms with Crippen molar-refractivity contribution in [2.75, 3.05) is 0 Å². The van der Waals surface area contributed by atoms with E-state index in [1.54, 1.807) is 24.3 Å². The van der Waals surface area contributed by atoms with Crippen molar-refractivity contribution in [2.24, 2.45) is 0 Å². The van der Waals surface area contributed by atoms with Crippen LogP contribution in [-0.4, -0.2) is 10.2 Å². The summed E-state index contributed by atoms with van der Waals surface area (Å²) in [6.45, 7) is 4.47. The van der Waals surface area contributed by atoms with Gasteiger partial charge in [0.25, 0.3) is 0 Å². The summed E-state index contributed by atoms with van der Waals surface area (Å²) in [5.41, 5.74) is 2.67. The van der Waals surface area contributed by atoms with E-state index >= 15 is 0 Å². The highest BCUT2D eigenvalue weighted by atomic mass is 16.3. The molecular weight excluding hydrogens is 344 g/mol. The first kappa shape index (κ1) is 24.1. The van der Waals surface area contributed by atoms with Crippen molar-refractivity contribution in [3.05, 3.63) is 59.7 Å². The second-order valence-corrected chi connectivity index (χ2v) is 7.66. The van der Waals surface area contributed by atoms with Gasteiger partial charge in [-0.25, -0.2) is 0 Å². The minimum Gasteiger partial charge on any atom is -0.508 e. The molecule has 2 rings (SSSR count). The Labute approximate surface area is 172 Å². The van der Waals surface area contributed by atoms with Crippen molar-refractivity contribution >= 4 is 0 Å². The van der Waals surface area contributed by atoms with Crippen LogP contribution in [0.15, 0.2) is 48.5 Å². The molecule has 0 aromatic heterocycles. The Bertz CT molecular complexity index is 531. The van der Waals surface area contributed by atoms with Crippen LogP contribution in [0.5, 0.6) is 11.5 Å². The molecule has 0 heterocycles. The van der Waals surface area contributed by atoms with Gasteiger partial charge in [0.1, 0.15) is 11.5 Å². The molecule has 0 bridgehead atoms. The molecule has 0 saturated heterocycles. The predicted molar refractivity (Wildman–Crippen MR) is 121 cm³/mol. The lowest BCUT2D eigenvalue weighted by Gasteiger charge is -2.01. The molecule has 2 heteroatoms. The Morgan fingerprint density at radius 1 is 0.464 bits per heavy atom. The van der Waals surface area contributed by atoms with Crippen LogP contribution in [0.3, 0.4) is 0 Å². The number of rotatable bonds is 12. The number of aryl methyl sites for hydroxylation is 2. The zero-order chi connectivity index (χ0) is 20.5. The molecule has 156 valence electrons. The van der Waals surface area contributed by atoms with Crippen molar-refractivity contribution in [1.29, 1.82) is 0 Å². The fourth-order valence-electron chi connectivity index (χ4n) is 3.19. The minimum absolute atomic E-state index is 0.361. The summed E-state index contributed by atoms with van der Waals surface area (Å²) in [7, 11) is 0. The maximum atomic E-state index is 9.10. The largest absolute Gasteiger partial charge is 0.508 e. The van der Waals surface area contributed by atoms with E-state index in [0.717, 1.165) is 12.8 Å². The molecule has 0 atom stereocenters. The van der Waals surface area contributed by atoms with Crippen molar-refractivity contribution in [2.45, 2.75) is 90.9 Å². The Kier molecular flexibility index (Phi) is 13.8. The van der Waals surface area contributed by atoms with Crippen molar-refractivity contribution in [1.82, 2.24) is 0 Å². The average molecular weight is 385 g/mol. The summed E-state index contributed by atoms with van der Waals surface area (Å²) in [6.07, 6.45) is 15.5. The number of phenols is 2. The Morgan fingerprint density at radius 2 is 0.786 bits per heavy atom. The van der Waals surface area contributed by atoms with E-state index in [1.807, 2.05) is 24.3 Å². The van der Waals surface area contributed by atoms with Crippen LogP contribution in [0.25, 0.3) is 0 Å². The molecular formula is C26H40O2. The van der Waals surface area contributed by atoms with Crippen LogP contribution < -0.4 is 0 Å². The number of aromatic hydroxyl groups is 2. The number of hydrogen-bond acceptors (Lipinski definition) is 2. The normalized spacial score (nSPS) is 10.4. The molecule has 2 aromatic rings. The van der Waals surface area contributed by atoms with Crippen molar-refractivity contribution < 1.29 is 10.2 Å². The number of benzene rings is 2. The third kappa shape index (κ3) is 12.4. The van der Waals surface area contributed by atoms with E-state index in [0.29, 0.717) is 11.5 Å². The summed E-state index contributed by atoms with van der Waals surface area (Å²) < 4.78 is 0. The Hall–Kier alpha value is -1.96. The molecule has 0 aliphatic carbocycles. The first-order valence-electron chi connectivity index (χ1n) is 11.2. The van der Waals surface area contributed by atoms with Gasteiger partial charge in [-0.2, -0.15) is 0 Å². The van der Waals surface area contributed by atoms with Crippen LogP contribution in [0.2, 0.25) is 0 Å². The van der Waals surface area contributed by atoms with Crippen LogP contribution in [0.1, 0.15) is 89.2 Å². The molecule has 0 unspecified atom stereocenters. The second kappa shape index (κ2) is 16.0. The Morgan fingerprint density at radius 3 is 1.11 bits per heavy atom. The van der Waals surface area contributed by atoms with Crippen molar-refractivity contribution in [3.63, 3.8) is 0 Å². The molecule has 2 aromatic carbocycles. The molecule has 0 fully saturated rings.